The van der Waals surface area contributed by atoms with Crippen LogP contribution in [0.4, 0.5) is 25.2 Å². The summed E-state index contributed by atoms with van der Waals surface area (Å²) in [5.74, 6) is 1.18. The molecule has 1 N–H and O–H groups in total. The third-order valence-electron chi connectivity index (χ3n) is 1.12. The summed E-state index contributed by atoms with van der Waals surface area (Å²) in [5, 5.41) is 0. The van der Waals surface area contributed by atoms with Crippen molar-refractivity contribution in [2.24, 2.45) is 7.05 Å². The molecule has 0 saturated carbocycles. The number of aryl methyl sites for hydroxylation is 2. The Kier molecular flexibility index (Phi) is 2.69. The molecule has 0 radical (unpaired) electrons. The molecule has 0 bridgehead atoms. The molecule has 2 nitrogen and oxygen atoms in total. The third-order valence-corrected chi connectivity index (χ3v) is 1.12. The second kappa shape index (κ2) is 2.85. The minimum atomic E-state index is -10.7. The summed E-state index contributed by atoms with van der Waals surface area (Å²) < 4.78 is 61.2. The fourth-order valence-corrected chi connectivity index (χ4v) is 0.483. The van der Waals surface area contributed by atoms with Crippen molar-refractivity contribution in [2.75, 3.05) is 0 Å². The first-order chi connectivity index (χ1) is 5.75. The van der Waals surface area contributed by atoms with Crippen molar-refractivity contribution in [2.45, 2.75) is 6.92 Å². The van der Waals surface area contributed by atoms with Gasteiger partial charge in [0.15, 0.2) is 0 Å². The van der Waals surface area contributed by atoms with E-state index in [1.807, 2.05) is 30.9 Å². The number of H-pyrrole nitrogens is 1. The van der Waals surface area contributed by atoms with Crippen molar-refractivity contribution in [3.05, 3.63) is 18.2 Å². The fourth-order valence-electron chi connectivity index (χ4n) is 0.483. The fraction of sp³-hybridized carbons (Fsp3) is 0.400. The monoisotopic (exact) mass is 242 g/mol. The van der Waals surface area contributed by atoms with Gasteiger partial charge < -0.3 is 0 Å². The van der Waals surface area contributed by atoms with Crippen molar-refractivity contribution in [3.8, 4) is 0 Å². The number of rotatable bonds is 0. The van der Waals surface area contributed by atoms with Crippen LogP contribution in [0.2, 0.25) is 0 Å². The molecule has 0 spiro atoms. The van der Waals surface area contributed by atoms with Gasteiger partial charge in [-0.2, -0.15) is 0 Å². The molecular formula is C5H9F6N2P. The molecule has 0 aliphatic carbocycles. The van der Waals surface area contributed by atoms with Crippen molar-refractivity contribution in [1.29, 1.82) is 0 Å². The van der Waals surface area contributed by atoms with Crippen LogP contribution in [0, 0.1) is 6.92 Å². The van der Waals surface area contributed by atoms with E-state index >= 15 is 0 Å². The molecule has 14 heavy (non-hydrogen) atoms. The number of halogens is 6. The molecule has 0 aromatic carbocycles. The topological polar surface area (TPSA) is 19.7 Å². The van der Waals surface area contributed by atoms with E-state index in [4.69, 9.17) is 0 Å². The molecule has 0 amide bonds. The third kappa shape index (κ3) is 13.8. The van der Waals surface area contributed by atoms with E-state index in [0.717, 1.165) is 0 Å². The Morgan fingerprint density at radius 3 is 1.57 bits per heavy atom. The van der Waals surface area contributed by atoms with E-state index in [-0.39, 0.29) is 0 Å². The summed E-state index contributed by atoms with van der Waals surface area (Å²) in [4.78, 5) is 3.03. The van der Waals surface area contributed by atoms with Crippen LogP contribution in [0.15, 0.2) is 12.4 Å². The molecular weight excluding hydrogens is 233 g/mol. The van der Waals surface area contributed by atoms with Gasteiger partial charge in [-0.1, -0.05) is 0 Å². The van der Waals surface area contributed by atoms with E-state index in [2.05, 4.69) is 4.98 Å². The zero-order valence-corrected chi connectivity index (χ0v) is 8.21. The van der Waals surface area contributed by atoms with E-state index in [1.165, 1.54) is 5.82 Å². The van der Waals surface area contributed by atoms with Gasteiger partial charge in [-0.25, -0.2) is 9.55 Å². The van der Waals surface area contributed by atoms with Gasteiger partial charge >= 0.3 is 33.0 Å². The Hall–Kier alpha value is -0.780. The molecule has 0 saturated heterocycles. The maximum atomic E-state index is 9.87. The van der Waals surface area contributed by atoms with Gasteiger partial charge in [0, 0.05) is 6.92 Å². The van der Waals surface area contributed by atoms with Gasteiger partial charge in [-0.05, 0) is 0 Å². The predicted molar refractivity (Wildman–Crippen MR) is 40.3 cm³/mol. The predicted octanol–water partition coefficient (Wildman–Crippen LogP) is 3.53. The van der Waals surface area contributed by atoms with Crippen LogP contribution in [0.3, 0.4) is 0 Å². The van der Waals surface area contributed by atoms with Crippen LogP contribution in [0.5, 0.6) is 0 Å². The summed E-state index contributed by atoms with van der Waals surface area (Å²) in [6.45, 7) is 2.03. The van der Waals surface area contributed by atoms with Gasteiger partial charge in [0.2, 0.25) is 0 Å². The number of imidazole rings is 1. The number of aromatic amines is 1. The Morgan fingerprint density at radius 2 is 1.50 bits per heavy atom. The number of aromatic nitrogens is 2. The second-order valence-corrected chi connectivity index (χ2v) is 4.53. The first-order valence-corrected chi connectivity index (χ1v) is 5.34. The van der Waals surface area contributed by atoms with E-state index in [1.54, 1.807) is 0 Å². The van der Waals surface area contributed by atoms with E-state index in [0.29, 0.717) is 0 Å². The van der Waals surface area contributed by atoms with Crippen LogP contribution in [-0.4, -0.2) is 4.98 Å². The number of hydrogen-bond acceptors (Lipinski definition) is 0. The first kappa shape index (κ1) is 13.2. The zero-order valence-electron chi connectivity index (χ0n) is 7.32. The molecule has 0 fully saturated rings. The zero-order chi connectivity index (χ0) is 11.7. The molecule has 0 aliphatic heterocycles. The second-order valence-electron chi connectivity index (χ2n) is 2.61. The van der Waals surface area contributed by atoms with Gasteiger partial charge in [-0.15, -0.1) is 0 Å². The molecule has 0 atom stereocenters. The minimum absolute atomic E-state index is 1.18. The Morgan fingerprint density at radius 1 is 1.14 bits per heavy atom. The summed E-state index contributed by atoms with van der Waals surface area (Å²) in [6, 6.07) is 0. The van der Waals surface area contributed by atoms with Gasteiger partial charge in [0.25, 0.3) is 5.82 Å². The van der Waals surface area contributed by atoms with Gasteiger partial charge in [0.05, 0.1) is 7.05 Å². The summed E-state index contributed by atoms with van der Waals surface area (Å²) in [6.07, 6.45) is 3.89. The quantitative estimate of drug-likeness (QED) is 0.408. The van der Waals surface area contributed by atoms with Gasteiger partial charge in [-0.3, -0.25) is 0 Å². The first-order valence-electron chi connectivity index (χ1n) is 3.32. The SMILES string of the molecule is Cc1[nH]cc[n+]1C.F[P-](F)(F)(F)(F)F. The Balaban J connectivity index is 0.000000241. The number of hydrogen-bond donors (Lipinski definition) is 1. The van der Waals surface area contributed by atoms with Crippen LogP contribution in [-0.2, 0) is 7.05 Å². The van der Waals surface area contributed by atoms with Crippen molar-refractivity contribution >= 4 is 7.81 Å². The van der Waals surface area contributed by atoms with E-state index in [9.17, 15) is 25.2 Å². The number of nitrogens with one attached hydrogen (secondary N) is 1. The molecule has 0 aliphatic rings. The molecule has 9 heteroatoms. The Labute approximate surface area is 75.8 Å². The molecule has 1 heterocycles. The van der Waals surface area contributed by atoms with Crippen molar-refractivity contribution in [3.63, 3.8) is 0 Å². The van der Waals surface area contributed by atoms with E-state index < -0.39 is 7.81 Å². The number of nitrogens with zero attached hydrogens (tertiary/aromatic N) is 1. The molecule has 86 valence electrons. The summed E-state index contributed by atoms with van der Waals surface area (Å²) >= 11 is 0. The molecule has 1 rings (SSSR count). The Bertz CT molecular complexity index is 283. The molecule has 1 aromatic rings. The van der Waals surface area contributed by atoms with Crippen LogP contribution < -0.4 is 4.57 Å². The normalized spacial score (nSPS) is 16.3. The molecule has 0 unspecified atom stereocenters. The van der Waals surface area contributed by atoms with Crippen molar-refractivity contribution < 1.29 is 29.7 Å². The van der Waals surface area contributed by atoms with Gasteiger partial charge in [0.1, 0.15) is 12.4 Å². The van der Waals surface area contributed by atoms with Crippen LogP contribution >= 0.6 is 7.81 Å². The van der Waals surface area contributed by atoms with Crippen molar-refractivity contribution in [1.82, 2.24) is 4.98 Å². The average molecular weight is 242 g/mol. The van der Waals surface area contributed by atoms with Crippen LogP contribution in [0.25, 0.3) is 0 Å². The van der Waals surface area contributed by atoms with Crippen LogP contribution in [0.1, 0.15) is 5.82 Å². The summed E-state index contributed by atoms with van der Waals surface area (Å²) in [5.41, 5.74) is 0. The maximum absolute atomic E-state index is 10.7. The molecule has 1 aromatic heterocycles. The average Bonchev–Trinajstić information content (AvgIpc) is 2.07. The standard InChI is InChI=1S/C5H8N2.F6P/c1-5-6-3-4-7(5)2;1-7(2,3,4,5)6/h3-4H,1-2H3;/q;-1/p+1. The summed E-state index contributed by atoms with van der Waals surface area (Å²) in [7, 11) is -8.65.